The van der Waals surface area contributed by atoms with E-state index >= 15 is 0 Å². The van der Waals surface area contributed by atoms with Crippen LogP contribution in [-0.2, 0) is 0 Å². The Balaban J connectivity index is 1.86. The number of amides is 1. The van der Waals surface area contributed by atoms with Gasteiger partial charge in [0.05, 0.1) is 6.21 Å². The van der Waals surface area contributed by atoms with E-state index in [1.807, 2.05) is 12.1 Å². The van der Waals surface area contributed by atoms with Gasteiger partial charge in [0.25, 0.3) is 5.91 Å². The number of nitrogens with one attached hydrogen (secondary N) is 1. The first kappa shape index (κ1) is 21.6. The third-order valence-corrected chi connectivity index (χ3v) is 6.13. The molecule has 0 aliphatic carbocycles. The van der Waals surface area contributed by atoms with Gasteiger partial charge in [0, 0.05) is 27.3 Å². The Morgan fingerprint density at radius 2 is 2.03 bits per heavy atom. The quantitative estimate of drug-likeness (QED) is 0.452. The van der Waals surface area contributed by atoms with Crippen molar-refractivity contribution in [3.05, 3.63) is 63.1 Å². The molecule has 0 saturated heterocycles. The summed E-state index contributed by atoms with van der Waals surface area (Å²) in [4.78, 5) is 14.8. The van der Waals surface area contributed by atoms with Gasteiger partial charge < -0.3 is 4.90 Å². The van der Waals surface area contributed by atoms with E-state index in [2.05, 4.69) is 85.0 Å². The molecule has 1 atom stereocenters. The van der Waals surface area contributed by atoms with E-state index in [-0.39, 0.29) is 11.4 Å². The molecule has 0 aromatic heterocycles. The van der Waals surface area contributed by atoms with Crippen molar-refractivity contribution in [2.45, 2.75) is 65.5 Å². The summed E-state index contributed by atoms with van der Waals surface area (Å²) in [5.74, 6) is 0.248. The van der Waals surface area contributed by atoms with Gasteiger partial charge in [0.2, 0.25) is 0 Å². The zero-order valence-electron chi connectivity index (χ0n) is 18.1. The second-order valence-electron chi connectivity index (χ2n) is 8.86. The van der Waals surface area contributed by atoms with E-state index < -0.39 is 0 Å². The fraction of sp³-hybridized carbons (Fsp3) is 0.417. The van der Waals surface area contributed by atoms with Crippen LogP contribution < -0.4 is 10.3 Å². The number of anilines is 1. The molecule has 1 N–H and O–H groups in total. The van der Waals surface area contributed by atoms with Gasteiger partial charge in [-0.3, -0.25) is 4.79 Å². The van der Waals surface area contributed by atoms with E-state index in [0.29, 0.717) is 17.5 Å². The Kier molecular flexibility index (Phi) is 6.18. The molecule has 0 radical (unpaired) electrons. The van der Waals surface area contributed by atoms with Crippen molar-refractivity contribution in [2.75, 3.05) is 4.90 Å². The molecule has 4 nitrogen and oxygen atoms in total. The van der Waals surface area contributed by atoms with Crippen molar-refractivity contribution in [3.63, 3.8) is 0 Å². The summed E-state index contributed by atoms with van der Waals surface area (Å²) in [7, 11) is 0. The molecule has 29 heavy (non-hydrogen) atoms. The molecule has 1 amide bonds. The van der Waals surface area contributed by atoms with E-state index in [9.17, 15) is 4.79 Å². The second-order valence-corrected chi connectivity index (χ2v) is 9.77. The summed E-state index contributed by atoms with van der Waals surface area (Å²) in [6, 6.07) is 12.2. The Bertz CT molecular complexity index is 949. The first-order chi connectivity index (χ1) is 13.6. The van der Waals surface area contributed by atoms with Crippen LogP contribution in [0, 0.1) is 6.92 Å². The van der Waals surface area contributed by atoms with E-state index in [4.69, 9.17) is 0 Å². The van der Waals surface area contributed by atoms with Gasteiger partial charge in [0.15, 0.2) is 0 Å². The number of hydrogen-bond donors (Lipinski definition) is 1. The number of carbonyl (C=O) groups is 1. The summed E-state index contributed by atoms with van der Waals surface area (Å²) in [6.45, 7) is 13.6. The predicted molar refractivity (Wildman–Crippen MR) is 125 cm³/mol. The number of fused-ring (bicyclic) bond motifs is 1. The number of carbonyl (C=O) groups excluding carboxylic acids is 1. The molecular weight excluding hydrogens is 426 g/mol. The van der Waals surface area contributed by atoms with Crippen LogP contribution in [0.2, 0.25) is 0 Å². The lowest BCUT2D eigenvalue weighted by Gasteiger charge is -2.50. The van der Waals surface area contributed by atoms with E-state index in [1.165, 1.54) is 11.3 Å². The first-order valence-corrected chi connectivity index (χ1v) is 10.9. The molecule has 2 aromatic rings. The molecule has 0 bridgehead atoms. The van der Waals surface area contributed by atoms with Crippen molar-refractivity contribution in [1.82, 2.24) is 5.43 Å². The van der Waals surface area contributed by atoms with E-state index in [1.54, 1.807) is 18.3 Å². The molecule has 1 heterocycles. The van der Waals surface area contributed by atoms with Gasteiger partial charge in [-0.05, 0) is 94.0 Å². The van der Waals surface area contributed by atoms with E-state index in [0.717, 1.165) is 22.0 Å². The molecule has 0 unspecified atom stereocenters. The average molecular weight is 456 g/mol. The summed E-state index contributed by atoms with van der Waals surface area (Å²) < 4.78 is 0.867. The Labute approximate surface area is 182 Å². The monoisotopic (exact) mass is 455 g/mol. The number of aryl methyl sites for hydroxylation is 1. The molecule has 0 fully saturated rings. The zero-order chi connectivity index (χ0) is 21.3. The van der Waals surface area contributed by atoms with Gasteiger partial charge in [0.1, 0.15) is 0 Å². The van der Waals surface area contributed by atoms with Crippen LogP contribution in [0.1, 0.15) is 74.0 Å². The number of nitrogens with zero attached hydrogens (tertiary/aromatic N) is 2. The van der Waals surface area contributed by atoms with Crippen LogP contribution in [-0.4, -0.2) is 23.7 Å². The second kappa shape index (κ2) is 8.31. The largest absolute Gasteiger partial charge is 0.364 e. The van der Waals surface area contributed by atoms with Crippen molar-refractivity contribution in [3.8, 4) is 0 Å². The number of hydrazone groups is 1. The third kappa shape index (κ3) is 4.55. The first-order valence-electron chi connectivity index (χ1n) is 10.1. The molecule has 3 rings (SSSR count). The van der Waals surface area contributed by atoms with Gasteiger partial charge in [-0.2, -0.15) is 5.10 Å². The lowest BCUT2D eigenvalue weighted by atomic mass is 9.78. The Morgan fingerprint density at radius 1 is 1.31 bits per heavy atom. The summed E-state index contributed by atoms with van der Waals surface area (Å²) in [5, 5.41) is 4.21. The van der Waals surface area contributed by atoms with Crippen LogP contribution in [0.3, 0.4) is 0 Å². The molecule has 2 aromatic carbocycles. The predicted octanol–water partition coefficient (Wildman–Crippen LogP) is 6.02. The topological polar surface area (TPSA) is 44.7 Å². The molecule has 154 valence electrons. The number of benzene rings is 2. The summed E-state index contributed by atoms with van der Waals surface area (Å²) in [6.07, 6.45) is 2.86. The smallest absolute Gasteiger partial charge is 0.271 e. The Hall–Kier alpha value is -2.14. The molecule has 0 saturated carbocycles. The van der Waals surface area contributed by atoms with Crippen molar-refractivity contribution in [1.29, 1.82) is 0 Å². The minimum absolute atomic E-state index is 0.126. The average Bonchev–Trinajstić information content (AvgIpc) is 2.61. The SMILES string of the molecule is Cc1cc2c(cc1/C=N\NC(=O)c1cccc(Br)c1)[C@H](C)CC(C)(C)N2C(C)C. The lowest BCUT2D eigenvalue weighted by Crippen LogP contribution is -2.51. The van der Waals surface area contributed by atoms with Crippen molar-refractivity contribution >= 4 is 33.7 Å². The molecular formula is C24H30BrN3O. The standard InChI is InChI=1S/C24H30BrN3O/c1-15(2)28-22-10-16(3)19(12-21(22)17(4)13-24(28,5)6)14-26-27-23(29)18-8-7-9-20(25)11-18/h7-12,14-15,17H,13H2,1-6H3,(H,27,29)/b26-14-/t17-/m1/s1. The van der Waals surface area contributed by atoms with Crippen LogP contribution in [0.5, 0.6) is 0 Å². The molecule has 1 aliphatic heterocycles. The molecule has 0 spiro atoms. The van der Waals surface area contributed by atoms with Crippen LogP contribution >= 0.6 is 15.9 Å². The van der Waals surface area contributed by atoms with Gasteiger partial charge in [-0.1, -0.05) is 28.9 Å². The van der Waals surface area contributed by atoms with Crippen LogP contribution in [0.25, 0.3) is 0 Å². The highest BCUT2D eigenvalue weighted by molar-refractivity contribution is 9.10. The minimum atomic E-state index is -0.223. The summed E-state index contributed by atoms with van der Waals surface area (Å²) >= 11 is 3.39. The van der Waals surface area contributed by atoms with Crippen LogP contribution in [0.15, 0.2) is 46.0 Å². The highest BCUT2D eigenvalue weighted by Gasteiger charge is 2.37. The molecule has 1 aliphatic rings. The van der Waals surface area contributed by atoms with Crippen molar-refractivity contribution in [2.24, 2.45) is 5.10 Å². The summed E-state index contributed by atoms with van der Waals surface area (Å²) in [5.41, 5.74) is 8.18. The maximum atomic E-state index is 12.3. The maximum absolute atomic E-state index is 12.3. The van der Waals surface area contributed by atoms with Gasteiger partial charge >= 0.3 is 0 Å². The number of rotatable bonds is 4. The Morgan fingerprint density at radius 3 is 2.69 bits per heavy atom. The minimum Gasteiger partial charge on any atom is -0.364 e. The fourth-order valence-electron chi connectivity index (χ4n) is 4.59. The molecule has 5 heteroatoms. The fourth-order valence-corrected chi connectivity index (χ4v) is 4.98. The van der Waals surface area contributed by atoms with Gasteiger partial charge in [-0.25, -0.2) is 5.43 Å². The van der Waals surface area contributed by atoms with Gasteiger partial charge in [-0.15, -0.1) is 0 Å². The number of halogens is 1. The van der Waals surface area contributed by atoms with Crippen LogP contribution in [0.4, 0.5) is 5.69 Å². The third-order valence-electron chi connectivity index (χ3n) is 5.64. The highest BCUT2D eigenvalue weighted by atomic mass is 79.9. The zero-order valence-corrected chi connectivity index (χ0v) is 19.7. The highest BCUT2D eigenvalue weighted by Crippen LogP contribution is 2.45. The normalized spacial score (nSPS) is 18.2. The van der Waals surface area contributed by atoms with Crippen molar-refractivity contribution < 1.29 is 4.79 Å². The number of hydrogen-bond acceptors (Lipinski definition) is 3. The maximum Gasteiger partial charge on any atom is 0.271 e. The lowest BCUT2D eigenvalue weighted by molar-refractivity contribution is 0.0955.